The number of phenolic OH excluding ortho intramolecular Hbond substituents is 1. The number of nitrogens with zero attached hydrogens (tertiary/aromatic N) is 1. The third-order valence-electron chi connectivity index (χ3n) is 1.85. The number of benzene rings is 1. The summed E-state index contributed by atoms with van der Waals surface area (Å²) in [5.41, 5.74) is 0.450. The number of aromatic hydroxyl groups is 1. The molecule has 1 heterocycles. The van der Waals surface area contributed by atoms with Gasteiger partial charge in [0, 0.05) is 7.05 Å². The van der Waals surface area contributed by atoms with Crippen LogP contribution in [0.3, 0.4) is 0 Å². The van der Waals surface area contributed by atoms with Crippen molar-refractivity contribution in [2.75, 3.05) is 0 Å². The van der Waals surface area contributed by atoms with Crippen molar-refractivity contribution in [2.24, 2.45) is 7.05 Å². The summed E-state index contributed by atoms with van der Waals surface area (Å²) in [5.74, 6) is 0.0225. The zero-order valence-electron chi connectivity index (χ0n) is 6.53. The lowest BCUT2D eigenvalue weighted by Gasteiger charge is -1.89. The van der Waals surface area contributed by atoms with E-state index < -0.39 is 0 Å². The molecule has 1 aromatic heterocycles. The van der Waals surface area contributed by atoms with E-state index in [-0.39, 0.29) is 11.3 Å². The Kier molecular flexibility index (Phi) is 1.24. The van der Waals surface area contributed by atoms with E-state index in [1.54, 1.807) is 19.2 Å². The second kappa shape index (κ2) is 2.14. The number of aromatic amines is 1. The monoisotopic (exact) mass is 164 g/mol. The van der Waals surface area contributed by atoms with Gasteiger partial charge in [-0.15, -0.1) is 0 Å². The molecule has 0 amide bonds. The van der Waals surface area contributed by atoms with Crippen LogP contribution in [-0.4, -0.2) is 14.9 Å². The topological polar surface area (TPSA) is 58.0 Å². The highest BCUT2D eigenvalue weighted by Crippen LogP contribution is 2.18. The Labute approximate surface area is 68.0 Å². The fourth-order valence-electron chi connectivity index (χ4n) is 1.26. The van der Waals surface area contributed by atoms with E-state index in [1.165, 1.54) is 10.7 Å². The Morgan fingerprint density at radius 2 is 2.25 bits per heavy atom. The molecule has 0 aliphatic heterocycles. The second-order valence-corrected chi connectivity index (χ2v) is 2.68. The van der Waals surface area contributed by atoms with Crippen LogP contribution >= 0.6 is 0 Å². The number of aryl methyl sites for hydroxylation is 1. The summed E-state index contributed by atoms with van der Waals surface area (Å²) < 4.78 is 1.34. The third kappa shape index (κ3) is 0.747. The molecule has 0 unspecified atom stereocenters. The zero-order valence-corrected chi connectivity index (χ0v) is 6.53. The van der Waals surface area contributed by atoms with Gasteiger partial charge in [0.05, 0.1) is 5.52 Å². The quantitative estimate of drug-likeness (QED) is 0.598. The first-order valence-corrected chi connectivity index (χ1v) is 3.57. The summed E-state index contributed by atoms with van der Waals surface area (Å²) in [7, 11) is 1.61. The lowest BCUT2D eigenvalue weighted by molar-refractivity contribution is 0.481. The molecule has 0 radical (unpaired) electrons. The Balaban J connectivity index is 3.07. The molecule has 2 rings (SSSR count). The van der Waals surface area contributed by atoms with Crippen molar-refractivity contribution in [1.82, 2.24) is 9.78 Å². The van der Waals surface area contributed by atoms with Crippen LogP contribution in [0.1, 0.15) is 0 Å². The van der Waals surface area contributed by atoms with Gasteiger partial charge in [0.1, 0.15) is 11.1 Å². The first-order chi connectivity index (χ1) is 5.70. The smallest absolute Gasteiger partial charge is 0.277 e. The minimum Gasteiger partial charge on any atom is -0.507 e. The summed E-state index contributed by atoms with van der Waals surface area (Å²) in [4.78, 5) is 11.3. The van der Waals surface area contributed by atoms with Crippen LogP contribution in [0, 0.1) is 0 Å². The summed E-state index contributed by atoms with van der Waals surface area (Å²) in [6.45, 7) is 0. The van der Waals surface area contributed by atoms with Gasteiger partial charge < -0.3 is 5.11 Å². The van der Waals surface area contributed by atoms with Crippen LogP contribution in [0.25, 0.3) is 10.9 Å². The van der Waals surface area contributed by atoms with E-state index in [9.17, 15) is 9.90 Å². The Bertz CT molecular complexity index is 481. The fourth-order valence-corrected chi connectivity index (χ4v) is 1.26. The van der Waals surface area contributed by atoms with Crippen molar-refractivity contribution in [3.8, 4) is 5.75 Å². The van der Waals surface area contributed by atoms with Gasteiger partial charge in [-0.05, 0) is 12.1 Å². The number of nitrogens with one attached hydrogen (secondary N) is 1. The molecule has 12 heavy (non-hydrogen) atoms. The van der Waals surface area contributed by atoms with Crippen LogP contribution < -0.4 is 5.56 Å². The molecule has 4 nitrogen and oxygen atoms in total. The standard InChI is InChI=1S/C8H8N2O2/c1-10-8(12)7-5(9-10)3-2-4-6(7)11/h2-4,9,11H,1H3. The molecule has 2 N–H and O–H groups in total. The largest absolute Gasteiger partial charge is 0.507 e. The molecule has 0 fully saturated rings. The predicted octanol–water partition coefficient (Wildman–Crippen LogP) is 0.572. The summed E-state index contributed by atoms with van der Waals surface area (Å²) in [5, 5.41) is 12.5. The molecule has 0 saturated heterocycles. The molecule has 0 aliphatic carbocycles. The van der Waals surface area contributed by atoms with Crippen molar-refractivity contribution >= 4 is 10.9 Å². The molecule has 1 aromatic carbocycles. The Morgan fingerprint density at radius 3 is 2.92 bits per heavy atom. The van der Waals surface area contributed by atoms with E-state index in [0.29, 0.717) is 10.9 Å². The number of fused-ring (bicyclic) bond motifs is 1. The molecule has 62 valence electrons. The van der Waals surface area contributed by atoms with E-state index in [2.05, 4.69) is 5.10 Å². The van der Waals surface area contributed by atoms with Crippen molar-refractivity contribution in [3.05, 3.63) is 28.6 Å². The zero-order chi connectivity index (χ0) is 8.72. The van der Waals surface area contributed by atoms with Gasteiger partial charge in [0.25, 0.3) is 5.56 Å². The first-order valence-electron chi connectivity index (χ1n) is 3.57. The van der Waals surface area contributed by atoms with Crippen LogP contribution in [0.4, 0.5) is 0 Å². The number of hydrogen-bond acceptors (Lipinski definition) is 2. The molecular weight excluding hydrogens is 156 g/mol. The van der Waals surface area contributed by atoms with Gasteiger partial charge in [0.15, 0.2) is 0 Å². The lowest BCUT2D eigenvalue weighted by Crippen LogP contribution is -2.11. The minimum atomic E-state index is -0.205. The van der Waals surface area contributed by atoms with E-state index in [4.69, 9.17) is 0 Å². The summed E-state index contributed by atoms with van der Waals surface area (Å²) in [6, 6.07) is 4.93. The molecule has 0 aliphatic rings. The molecule has 0 bridgehead atoms. The normalized spacial score (nSPS) is 10.8. The van der Waals surface area contributed by atoms with Crippen LogP contribution in [0.5, 0.6) is 5.75 Å². The highest BCUT2D eigenvalue weighted by molar-refractivity contribution is 5.83. The molecule has 4 heteroatoms. The molecule has 2 aromatic rings. The van der Waals surface area contributed by atoms with Crippen molar-refractivity contribution < 1.29 is 5.11 Å². The van der Waals surface area contributed by atoms with Crippen molar-refractivity contribution in [2.45, 2.75) is 0 Å². The van der Waals surface area contributed by atoms with Crippen LogP contribution in [-0.2, 0) is 7.05 Å². The maximum absolute atomic E-state index is 11.3. The maximum Gasteiger partial charge on any atom is 0.277 e. The second-order valence-electron chi connectivity index (χ2n) is 2.68. The van der Waals surface area contributed by atoms with E-state index in [1.807, 2.05) is 0 Å². The van der Waals surface area contributed by atoms with E-state index in [0.717, 1.165) is 0 Å². The average Bonchev–Trinajstić information content (AvgIpc) is 2.29. The van der Waals surface area contributed by atoms with Crippen LogP contribution in [0.15, 0.2) is 23.0 Å². The minimum absolute atomic E-state index is 0.0225. The van der Waals surface area contributed by atoms with Gasteiger partial charge >= 0.3 is 0 Å². The Morgan fingerprint density at radius 1 is 1.50 bits per heavy atom. The molecule has 0 saturated carbocycles. The number of phenols is 1. The number of aromatic nitrogens is 2. The fraction of sp³-hybridized carbons (Fsp3) is 0.125. The van der Waals surface area contributed by atoms with Crippen molar-refractivity contribution in [3.63, 3.8) is 0 Å². The van der Waals surface area contributed by atoms with Gasteiger partial charge in [-0.2, -0.15) is 0 Å². The molecule has 0 atom stereocenters. The highest BCUT2D eigenvalue weighted by atomic mass is 16.3. The number of rotatable bonds is 0. The summed E-state index contributed by atoms with van der Waals surface area (Å²) in [6.07, 6.45) is 0. The predicted molar refractivity (Wildman–Crippen MR) is 45.2 cm³/mol. The number of H-pyrrole nitrogens is 1. The first kappa shape index (κ1) is 6.97. The van der Waals surface area contributed by atoms with Crippen LogP contribution in [0.2, 0.25) is 0 Å². The number of hydrogen-bond donors (Lipinski definition) is 2. The van der Waals surface area contributed by atoms with E-state index >= 15 is 0 Å². The summed E-state index contributed by atoms with van der Waals surface area (Å²) >= 11 is 0. The Hall–Kier alpha value is -1.71. The van der Waals surface area contributed by atoms with Gasteiger partial charge in [-0.3, -0.25) is 14.6 Å². The molecule has 0 spiro atoms. The van der Waals surface area contributed by atoms with Gasteiger partial charge in [-0.25, -0.2) is 0 Å². The van der Waals surface area contributed by atoms with Crippen molar-refractivity contribution in [1.29, 1.82) is 0 Å². The maximum atomic E-state index is 11.3. The van der Waals surface area contributed by atoms with Gasteiger partial charge in [-0.1, -0.05) is 6.07 Å². The average molecular weight is 164 g/mol. The highest BCUT2D eigenvalue weighted by Gasteiger charge is 2.06. The van der Waals surface area contributed by atoms with Gasteiger partial charge in [0.2, 0.25) is 0 Å². The SMILES string of the molecule is Cn1[nH]c2cccc(O)c2c1=O. The lowest BCUT2D eigenvalue weighted by atomic mass is 10.2. The third-order valence-corrected chi connectivity index (χ3v) is 1.85. The molecular formula is C8H8N2O2.